The van der Waals surface area contributed by atoms with Gasteiger partial charge in [0.15, 0.2) is 0 Å². The van der Waals surface area contributed by atoms with Crippen LogP contribution >= 0.6 is 0 Å². The zero-order valence-corrected chi connectivity index (χ0v) is 11.2. The van der Waals surface area contributed by atoms with Crippen LogP contribution in [0.1, 0.15) is 28.9 Å². The molecule has 0 aromatic heterocycles. The van der Waals surface area contributed by atoms with Gasteiger partial charge >= 0.3 is 0 Å². The number of nitrogens with two attached hydrogens (primary N) is 1. The van der Waals surface area contributed by atoms with Gasteiger partial charge in [0, 0.05) is 12.7 Å². The molecule has 98 valence electrons. The monoisotopic (exact) mass is 254 g/mol. The molecule has 1 atom stereocenters. The Balaban J connectivity index is 2.23. The lowest BCUT2D eigenvalue weighted by Crippen LogP contribution is -2.30. The van der Waals surface area contributed by atoms with E-state index in [1.165, 1.54) is 0 Å². The van der Waals surface area contributed by atoms with Gasteiger partial charge in [-0.1, -0.05) is 42.5 Å². The second-order valence-electron chi connectivity index (χ2n) is 4.59. The molecule has 3 nitrogen and oxygen atoms in total. The second-order valence-corrected chi connectivity index (χ2v) is 4.59. The summed E-state index contributed by atoms with van der Waals surface area (Å²) < 4.78 is 0. The first-order valence-electron chi connectivity index (χ1n) is 6.28. The molecule has 0 aliphatic heterocycles. The maximum atomic E-state index is 12.4. The second kappa shape index (κ2) is 5.57. The molecule has 0 heterocycles. The summed E-state index contributed by atoms with van der Waals surface area (Å²) in [4.78, 5) is 14.1. The highest BCUT2D eigenvalue weighted by atomic mass is 16.2. The molecule has 2 aromatic carbocycles. The highest BCUT2D eigenvalue weighted by Crippen LogP contribution is 2.22. The van der Waals surface area contributed by atoms with Crippen molar-refractivity contribution in [1.82, 2.24) is 4.90 Å². The quantitative estimate of drug-likeness (QED) is 0.855. The molecule has 0 saturated heterocycles. The van der Waals surface area contributed by atoms with Crippen molar-refractivity contribution in [3.05, 3.63) is 65.7 Å². The molecule has 2 N–H and O–H groups in total. The molecule has 0 radical (unpaired) electrons. The van der Waals surface area contributed by atoms with Crippen molar-refractivity contribution in [2.75, 3.05) is 12.8 Å². The molecule has 0 aliphatic carbocycles. The van der Waals surface area contributed by atoms with Gasteiger partial charge in [-0.15, -0.1) is 0 Å². The van der Waals surface area contributed by atoms with Crippen LogP contribution in [0.2, 0.25) is 0 Å². The predicted octanol–water partition coefficient (Wildman–Crippen LogP) is 3.10. The van der Waals surface area contributed by atoms with Gasteiger partial charge in [-0.05, 0) is 24.6 Å². The molecule has 0 spiro atoms. The molecule has 2 rings (SSSR count). The normalized spacial score (nSPS) is 11.9. The average Bonchev–Trinajstić information content (AvgIpc) is 2.46. The lowest BCUT2D eigenvalue weighted by Gasteiger charge is -2.26. The third-order valence-electron chi connectivity index (χ3n) is 3.37. The topological polar surface area (TPSA) is 46.3 Å². The molecule has 19 heavy (non-hydrogen) atoms. The molecule has 0 saturated carbocycles. The van der Waals surface area contributed by atoms with E-state index in [9.17, 15) is 4.79 Å². The van der Waals surface area contributed by atoms with Crippen molar-refractivity contribution in [1.29, 1.82) is 0 Å². The fourth-order valence-corrected chi connectivity index (χ4v) is 2.01. The van der Waals surface area contributed by atoms with E-state index >= 15 is 0 Å². The summed E-state index contributed by atoms with van der Waals surface area (Å²) in [6.45, 7) is 2.01. The molecular formula is C16H18N2O. The lowest BCUT2D eigenvalue weighted by atomic mass is 10.1. The Bertz CT molecular complexity index is 566. The number of para-hydroxylation sites is 1. The minimum atomic E-state index is -0.0607. The molecule has 1 amide bonds. The van der Waals surface area contributed by atoms with E-state index in [1.807, 2.05) is 49.4 Å². The fraction of sp³-hybridized carbons (Fsp3) is 0.188. The molecule has 3 heteroatoms. The zero-order valence-electron chi connectivity index (χ0n) is 11.2. The number of hydrogen-bond acceptors (Lipinski definition) is 2. The highest BCUT2D eigenvalue weighted by molar-refractivity contribution is 5.99. The smallest absolute Gasteiger partial charge is 0.256 e. The van der Waals surface area contributed by atoms with Crippen LogP contribution in [0.5, 0.6) is 0 Å². The number of benzene rings is 2. The van der Waals surface area contributed by atoms with E-state index < -0.39 is 0 Å². The summed E-state index contributed by atoms with van der Waals surface area (Å²) in [5.74, 6) is -0.0607. The van der Waals surface area contributed by atoms with Gasteiger partial charge < -0.3 is 10.6 Å². The molecule has 2 aromatic rings. The van der Waals surface area contributed by atoms with E-state index in [0.29, 0.717) is 11.3 Å². The van der Waals surface area contributed by atoms with E-state index in [1.54, 1.807) is 24.1 Å². The maximum Gasteiger partial charge on any atom is 0.256 e. The van der Waals surface area contributed by atoms with Gasteiger partial charge in [0.1, 0.15) is 0 Å². The third-order valence-corrected chi connectivity index (χ3v) is 3.37. The first kappa shape index (κ1) is 13.1. The zero-order chi connectivity index (χ0) is 13.8. The summed E-state index contributed by atoms with van der Waals surface area (Å²) in [6.07, 6.45) is 0. The highest BCUT2D eigenvalue weighted by Gasteiger charge is 2.19. The van der Waals surface area contributed by atoms with Gasteiger partial charge in [-0.25, -0.2) is 0 Å². The summed E-state index contributed by atoms with van der Waals surface area (Å²) in [7, 11) is 1.80. The summed E-state index contributed by atoms with van der Waals surface area (Å²) >= 11 is 0. The Labute approximate surface area is 113 Å². The Hall–Kier alpha value is -2.29. The van der Waals surface area contributed by atoms with Crippen LogP contribution in [0.3, 0.4) is 0 Å². The maximum absolute atomic E-state index is 12.4. The van der Waals surface area contributed by atoms with Crippen molar-refractivity contribution in [2.24, 2.45) is 0 Å². The minimum absolute atomic E-state index is 0.00769. The molecular weight excluding hydrogens is 236 g/mol. The standard InChI is InChI=1S/C16H18N2O/c1-12(13-8-4-3-5-9-13)18(2)16(19)14-10-6-7-11-15(14)17/h3-12H,17H2,1-2H3. The Morgan fingerprint density at radius 2 is 1.63 bits per heavy atom. The first-order valence-corrected chi connectivity index (χ1v) is 6.28. The van der Waals surface area contributed by atoms with Crippen molar-refractivity contribution in [3.63, 3.8) is 0 Å². The van der Waals surface area contributed by atoms with Crippen LogP contribution in [0.15, 0.2) is 54.6 Å². The Kier molecular flexibility index (Phi) is 3.85. The van der Waals surface area contributed by atoms with Crippen LogP contribution in [-0.4, -0.2) is 17.9 Å². The lowest BCUT2D eigenvalue weighted by molar-refractivity contribution is 0.0743. The number of nitrogen functional groups attached to an aromatic ring is 1. The fourth-order valence-electron chi connectivity index (χ4n) is 2.01. The van der Waals surface area contributed by atoms with E-state index in [2.05, 4.69) is 0 Å². The van der Waals surface area contributed by atoms with Gasteiger partial charge in [-0.2, -0.15) is 0 Å². The van der Waals surface area contributed by atoms with Gasteiger partial charge in [0.05, 0.1) is 11.6 Å². The number of carbonyl (C=O) groups is 1. The molecule has 0 bridgehead atoms. The number of hydrogen-bond donors (Lipinski definition) is 1. The van der Waals surface area contributed by atoms with E-state index in [0.717, 1.165) is 5.56 Å². The number of anilines is 1. The average molecular weight is 254 g/mol. The first-order chi connectivity index (χ1) is 9.11. The number of carbonyl (C=O) groups excluding carboxylic acids is 1. The number of rotatable bonds is 3. The summed E-state index contributed by atoms with van der Waals surface area (Å²) in [6, 6.07) is 17.1. The Morgan fingerprint density at radius 3 is 2.26 bits per heavy atom. The van der Waals surface area contributed by atoms with Crippen molar-refractivity contribution in [3.8, 4) is 0 Å². The van der Waals surface area contributed by atoms with Crippen LogP contribution in [0.25, 0.3) is 0 Å². The predicted molar refractivity (Wildman–Crippen MR) is 77.8 cm³/mol. The van der Waals surface area contributed by atoms with E-state index in [4.69, 9.17) is 5.73 Å². The third kappa shape index (κ3) is 2.76. The SMILES string of the molecule is CC(c1ccccc1)N(C)C(=O)c1ccccc1N. The van der Waals surface area contributed by atoms with Crippen molar-refractivity contribution >= 4 is 11.6 Å². The summed E-state index contributed by atoms with van der Waals surface area (Å²) in [5.41, 5.74) is 8.02. The van der Waals surface area contributed by atoms with Gasteiger partial charge in [0.25, 0.3) is 5.91 Å². The Morgan fingerprint density at radius 1 is 1.05 bits per heavy atom. The molecule has 0 aliphatic rings. The van der Waals surface area contributed by atoms with Gasteiger partial charge in [0.2, 0.25) is 0 Å². The van der Waals surface area contributed by atoms with Crippen LogP contribution in [-0.2, 0) is 0 Å². The van der Waals surface area contributed by atoms with Gasteiger partial charge in [-0.3, -0.25) is 4.79 Å². The molecule has 0 fully saturated rings. The van der Waals surface area contributed by atoms with Crippen LogP contribution in [0.4, 0.5) is 5.69 Å². The summed E-state index contributed by atoms with van der Waals surface area (Å²) in [5, 5.41) is 0. The van der Waals surface area contributed by atoms with Crippen LogP contribution < -0.4 is 5.73 Å². The van der Waals surface area contributed by atoms with Crippen LogP contribution in [0, 0.1) is 0 Å². The number of amides is 1. The van der Waals surface area contributed by atoms with E-state index in [-0.39, 0.29) is 11.9 Å². The molecule has 1 unspecified atom stereocenters. The largest absolute Gasteiger partial charge is 0.398 e. The van der Waals surface area contributed by atoms with Crippen molar-refractivity contribution < 1.29 is 4.79 Å². The minimum Gasteiger partial charge on any atom is -0.398 e. The van der Waals surface area contributed by atoms with Crippen molar-refractivity contribution in [2.45, 2.75) is 13.0 Å². The number of nitrogens with zero attached hydrogens (tertiary/aromatic N) is 1.